The molecule has 2 atom stereocenters. The highest BCUT2D eigenvalue weighted by Gasteiger charge is 2.21. The number of benzene rings is 1. The summed E-state index contributed by atoms with van der Waals surface area (Å²) < 4.78 is 1.53. The highest BCUT2D eigenvalue weighted by Crippen LogP contribution is 2.15. The lowest BCUT2D eigenvalue weighted by molar-refractivity contribution is -0.384. The van der Waals surface area contributed by atoms with Crippen LogP contribution in [0, 0.1) is 10.1 Å². The number of rotatable bonds is 4. The fourth-order valence-corrected chi connectivity index (χ4v) is 2.84. The lowest BCUT2D eigenvalue weighted by Crippen LogP contribution is -2.46. The zero-order valence-corrected chi connectivity index (χ0v) is 13.3. The van der Waals surface area contributed by atoms with Crippen molar-refractivity contribution in [3.63, 3.8) is 0 Å². The maximum Gasteiger partial charge on any atom is 0.272 e. The number of nitro benzene ring substituents is 1. The van der Waals surface area contributed by atoms with Gasteiger partial charge >= 0.3 is 0 Å². The molecule has 2 N–H and O–H groups in total. The van der Waals surface area contributed by atoms with Gasteiger partial charge in [-0.15, -0.1) is 0 Å². The number of carbonyl (C=O) groups excluding carboxylic acids is 1. The van der Waals surface area contributed by atoms with E-state index in [0.29, 0.717) is 17.4 Å². The van der Waals surface area contributed by atoms with E-state index in [1.807, 2.05) is 0 Å². The third-order valence-electron chi connectivity index (χ3n) is 4.11. The summed E-state index contributed by atoms with van der Waals surface area (Å²) in [6.45, 7) is 2.99. The summed E-state index contributed by atoms with van der Waals surface area (Å²) in [6.07, 6.45) is 3.47. The van der Waals surface area contributed by atoms with Crippen LogP contribution in [-0.2, 0) is 0 Å². The van der Waals surface area contributed by atoms with Crippen molar-refractivity contribution in [3.05, 3.63) is 52.3 Å². The van der Waals surface area contributed by atoms with Gasteiger partial charge in [0, 0.05) is 30.4 Å². The molecular formula is C16H19N5O3. The van der Waals surface area contributed by atoms with Gasteiger partial charge in [0.25, 0.3) is 11.6 Å². The second-order valence-corrected chi connectivity index (χ2v) is 5.97. The van der Waals surface area contributed by atoms with Crippen molar-refractivity contribution < 1.29 is 9.72 Å². The largest absolute Gasteiger partial charge is 0.348 e. The number of hydrogen-bond acceptors (Lipinski definition) is 5. The fourth-order valence-electron chi connectivity index (χ4n) is 2.84. The van der Waals surface area contributed by atoms with Crippen molar-refractivity contribution in [3.8, 4) is 5.69 Å². The predicted octanol–water partition coefficient (Wildman–Crippen LogP) is 1.65. The quantitative estimate of drug-likeness (QED) is 0.656. The Morgan fingerprint density at radius 3 is 2.79 bits per heavy atom. The highest BCUT2D eigenvalue weighted by molar-refractivity contribution is 5.92. The molecule has 1 fully saturated rings. The monoisotopic (exact) mass is 329 g/mol. The van der Waals surface area contributed by atoms with Crippen LogP contribution in [0.4, 0.5) is 5.69 Å². The molecule has 0 saturated carbocycles. The Hall–Kier alpha value is -2.74. The molecule has 3 rings (SSSR count). The summed E-state index contributed by atoms with van der Waals surface area (Å²) >= 11 is 0. The van der Waals surface area contributed by atoms with E-state index in [0.717, 1.165) is 19.4 Å². The van der Waals surface area contributed by atoms with Crippen LogP contribution in [0.25, 0.3) is 5.69 Å². The summed E-state index contributed by atoms with van der Waals surface area (Å²) in [5, 5.41) is 21.3. The highest BCUT2D eigenvalue weighted by atomic mass is 16.6. The third-order valence-corrected chi connectivity index (χ3v) is 4.11. The molecule has 8 nitrogen and oxygen atoms in total. The summed E-state index contributed by atoms with van der Waals surface area (Å²) in [5.41, 5.74) is 1.01. The molecule has 1 aromatic carbocycles. The fraction of sp³-hybridized carbons (Fsp3) is 0.375. The lowest BCUT2D eigenvalue weighted by Gasteiger charge is -2.28. The van der Waals surface area contributed by atoms with Gasteiger partial charge in [0.1, 0.15) is 0 Å². The molecule has 8 heteroatoms. The molecule has 2 heterocycles. The molecule has 0 aliphatic carbocycles. The van der Waals surface area contributed by atoms with Gasteiger partial charge < -0.3 is 10.6 Å². The first-order valence-electron chi connectivity index (χ1n) is 7.87. The Labute approximate surface area is 139 Å². The first-order chi connectivity index (χ1) is 11.5. The van der Waals surface area contributed by atoms with Crippen LogP contribution >= 0.6 is 0 Å². The van der Waals surface area contributed by atoms with E-state index >= 15 is 0 Å². The van der Waals surface area contributed by atoms with Crippen LogP contribution in [0.5, 0.6) is 0 Å². The molecule has 24 heavy (non-hydrogen) atoms. The van der Waals surface area contributed by atoms with Crippen LogP contribution in [0.3, 0.4) is 0 Å². The van der Waals surface area contributed by atoms with Crippen molar-refractivity contribution in [1.82, 2.24) is 20.4 Å². The van der Waals surface area contributed by atoms with Crippen molar-refractivity contribution in [2.45, 2.75) is 31.8 Å². The van der Waals surface area contributed by atoms with Crippen molar-refractivity contribution in [2.24, 2.45) is 0 Å². The van der Waals surface area contributed by atoms with Gasteiger partial charge in [0.05, 0.1) is 10.6 Å². The summed E-state index contributed by atoms with van der Waals surface area (Å²) in [6, 6.07) is 8.20. The van der Waals surface area contributed by atoms with Gasteiger partial charge in [-0.2, -0.15) is 5.10 Å². The van der Waals surface area contributed by atoms with Gasteiger partial charge in [-0.3, -0.25) is 14.9 Å². The van der Waals surface area contributed by atoms with Gasteiger partial charge in [-0.05, 0) is 44.5 Å². The topological polar surface area (TPSA) is 102 Å². The van der Waals surface area contributed by atoms with E-state index in [1.54, 1.807) is 24.4 Å². The van der Waals surface area contributed by atoms with E-state index in [1.165, 1.54) is 16.8 Å². The van der Waals surface area contributed by atoms with Crippen LogP contribution in [0.15, 0.2) is 36.5 Å². The average Bonchev–Trinajstić information content (AvgIpc) is 3.05. The number of nitrogens with zero attached hydrogens (tertiary/aromatic N) is 3. The molecule has 1 aliphatic rings. The smallest absolute Gasteiger partial charge is 0.272 e. The molecule has 2 unspecified atom stereocenters. The number of non-ortho nitro benzene ring substituents is 1. The van der Waals surface area contributed by atoms with Crippen LogP contribution in [0.2, 0.25) is 0 Å². The molecule has 0 spiro atoms. The summed E-state index contributed by atoms with van der Waals surface area (Å²) in [7, 11) is 0. The Balaban J connectivity index is 1.68. The number of piperidine rings is 1. The lowest BCUT2D eigenvalue weighted by atomic mass is 10.0. The Kier molecular flexibility index (Phi) is 4.57. The molecule has 1 saturated heterocycles. The first-order valence-corrected chi connectivity index (χ1v) is 7.87. The maximum absolute atomic E-state index is 12.3. The number of nitro groups is 1. The molecule has 0 radical (unpaired) electrons. The van der Waals surface area contributed by atoms with Gasteiger partial charge in [0.2, 0.25) is 0 Å². The first kappa shape index (κ1) is 16.1. The maximum atomic E-state index is 12.3. The number of aromatic nitrogens is 2. The zero-order chi connectivity index (χ0) is 17.1. The Morgan fingerprint density at radius 2 is 2.12 bits per heavy atom. The zero-order valence-electron chi connectivity index (χ0n) is 13.3. The standard InChI is InChI=1S/C16H19N5O3/c1-11-10-12(6-8-17-11)18-16(22)15-7-9-20(19-15)13-2-4-14(5-3-13)21(23)24/h2-5,7,9,11-12,17H,6,8,10H2,1H3,(H,18,22). The third kappa shape index (κ3) is 3.60. The minimum absolute atomic E-state index is 0.0175. The van der Waals surface area contributed by atoms with Gasteiger partial charge in [-0.25, -0.2) is 4.68 Å². The Morgan fingerprint density at radius 1 is 1.38 bits per heavy atom. The summed E-state index contributed by atoms with van der Waals surface area (Å²) in [5.74, 6) is -0.199. The van der Waals surface area contributed by atoms with E-state index in [4.69, 9.17) is 0 Å². The van der Waals surface area contributed by atoms with Crippen LogP contribution in [-0.4, -0.2) is 39.2 Å². The molecule has 0 bridgehead atoms. The molecule has 1 aliphatic heterocycles. The molecule has 126 valence electrons. The second kappa shape index (κ2) is 6.79. The SMILES string of the molecule is CC1CC(NC(=O)c2ccn(-c3ccc([N+](=O)[O-])cc3)n2)CCN1. The van der Waals surface area contributed by atoms with Gasteiger partial charge in [0.15, 0.2) is 5.69 Å². The molecule has 1 aromatic heterocycles. The molecule has 2 aromatic rings. The molecular weight excluding hydrogens is 310 g/mol. The minimum atomic E-state index is -0.453. The average molecular weight is 329 g/mol. The summed E-state index contributed by atoms with van der Waals surface area (Å²) in [4.78, 5) is 22.5. The van der Waals surface area contributed by atoms with E-state index in [2.05, 4.69) is 22.7 Å². The van der Waals surface area contributed by atoms with Gasteiger partial charge in [-0.1, -0.05) is 0 Å². The molecule has 1 amide bonds. The van der Waals surface area contributed by atoms with E-state index in [9.17, 15) is 14.9 Å². The van der Waals surface area contributed by atoms with E-state index in [-0.39, 0.29) is 17.6 Å². The van der Waals surface area contributed by atoms with E-state index < -0.39 is 4.92 Å². The normalized spacial score (nSPS) is 20.5. The van der Waals surface area contributed by atoms with Crippen LogP contribution < -0.4 is 10.6 Å². The number of nitrogens with one attached hydrogen (secondary N) is 2. The van der Waals surface area contributed by atoms with Crippen molar-refractivity contribution >= 4 is 11.6 Å². The van der Waals surface area contributed by atoms with Crippen LogP contribution in [0.1, 0.15) is 30.3 Å². The predicted molar refractivity (Wildman–Crippen MR) is 88.2 cm³/mol. The second-order valence-electron chi connectivity index (χ2n) is 5.97. The van der Waals surface area contributed by atoms with Crippen molar-refractivity contribution in [1.29, 1.82) is 0 Å². The minimum Gasteiger partial charge on any atom is -0.348 e. The Bertz CT molecular complexity index is 740. The number of carbonyl (C=O) groups is 1. The number of amides is 1. The number of hydrogen-bond donors (Lipinski definition) is 2. The van der Waals surface area contributed by atoms with Crippen molar-refractivity contribution in [2.75, 3.05) is 6.54 Å².